The van der Waals surface area contributed by atoms with Crippen LogP contribution >= 0.6 is 0 Å². The maximum Gasteiger partial charge on any atom is 0.373 e. The topological polar surface area (TPSA) is 54.4 Å². The molecule has 0 rings (SSSR count). The molecule has 0 aromatic heterocycles. The lowest BCUT2D eigenvalue weighted by molar-refractivity contribution is -0.191. The molecule has 3 nitrogen and oxygen atoms in total. The Bertz CT molecular complexity index is 140. The highest BCUT2D eigenvalue weighted by Crippen LogP contribution is 2.10. The third-order valence-electron chi connectivity index (χ3n) is 2.76. The molecule has 1 N–H and O–H groups in total. The summed E-state index contributed by atoms with van der Waals surface area (Å²) >= 11 is 0. The Balaban J connectivity index is 0. The quantitative estimate of drug-likeness (QED) is 0.564. The minimum Gasteiger partial charge on any atom is -0.396 e. The van der Waals surface area contributed by atoms with Gasteiger partial charge in [0.15, 0.2) is 0 Å². The van der Waals surface area contributed by atoms with Crippen LogP contribution in [0.3, 0.4) is 0 Å². The maximum absolute atomic E-state index is 8.59. The molecule has 0 aromatic rings. The van der Waals surface area contributed by atoms with Crippen molar-refractivity contribution in [2.24, 2.45) is 0 Å². The Morgan fingerprint density at radius 3 is 1.29 bits per heavy atom. The van der Waals surface area contributed by atoms with Crippen LogP contribution in [0.1, 0.15) is 77.6 Å². The fourth-order valence-electron chi connectivity index (χ4n) is 1.78. The van der Waals surface area contributed by atoms with Gasteiger partial charge in [-0.3, -0.25) is 0 Å². The Hall–Kier alpha value is -0.660. The van der Waals surface area contributed by atoms with Crippen molar-refractivity contribution >= 4 is 6.15 Å². The SMILES string of the molecule is CCCCCCCCCCCCCO.O=C=O. The fraction of sp³-hybridized carbons (Fsp3) is 0.929. The highest BCUT2D eigenvalue weighted by molar-refractivity contribution is 5.20. The zero-order valence-electron chi connectivity index (χ0n) is 11.2. The molecule has 0 radical (unpaired) electrons. The van der Waals surface area contributed by atoms with E-state index in [0.29, 0.717) is 6.61 Å². The minimum atomic E-state index is 0.250. The van der Waals surface area contributed by atoms with Gasteiger partial charge in [0.1, 0.15) is 0 Å². The fourth-order valence-corrected chi connectivity index (χ4v) is 1.78. The molecule has 0 amide bonds. The van der Waals surface area contributed by atoms with Gasteiger partial charge in [0.25, 0.3) is 0 Å². The molecule has 0 saturated carbocycles. The van der Waals surface area contributed by atoms with E-state index in [4.69, 9.17) is 14.7 Å². The number of aliphatic hydroxyl groups excluding tert-OH is 1. The molecule has 0 bridgehead atoms. The van der Waals surface area contributed by atoms with Crippen molar-refractivity contribution in [3.63, 3.8) is 0 Å². The third kappa shape index (κ3) is 25.5. The number of hydrogen-bond donors (Lipinski definition) is 1. The van der Waals surface area contributed by atoms with Gasteiger partial charge in [0, 0.05) is 6.61 Å². The van der Waals surface area contributed by atoms with E-state index in [1.165, 1.54) is 64.2 Å². The lowest BCUT2D eigenvalue weighted by Crippen LogP contribution is -1.84. The summed E-state index contributed by atoms with van der Waals surface area (Å²) in [6.07, 6.45) is 15.0. The van der Waals surface area contributed by atoms with Gasteiger partial charge < -0.3 is 5.11 Å². The van der Waals surface area contributed by atoms with Gasteiger partial charge in [-0.05, 0) is 6.42 Å². The molecule has 0 fully saturated rings. The first kappa shape index (κ1) is 18.7. The molecule has 0 aromatic carbocycles. The molecule has 102 valence electrons. The second kappa shape index (κ2) is 20.7. The highest BCUT2D eigenvalue weighted by atomic mass is 16.3. The van der Waals surface area contributed by atoms with E-state index in [-0.39, 0.29) is 6.15 Å². The van der Waals surface area contributed by atoms with Gasteiger partial charge in [0.05, 0.1) is 0 Å². The first-order chi connectivity index (χ1) is 8.33. The lowest BCUT2D eigenvalue weighted by Gasteiger charge is -2.01. The molecule has 17 heavy (non-hydrogen) atoms. The second-order valence-electron chi connectivity index (χ2n) is 4.34. The summed E-state index contributed by atoms with van der Waals surface area (Å²) in [6.45, 7) is 2.64. The molecule has 0 spiro atoms. The predicted molar refractivity (Wildman–Crippen MR) is 68.6 cm³/mol. The zero-order valence-corrected chi connectivity index (χ0v) is 11.2. The van der Waals surface area contributed by atoms with E-state index in [9.17, 15) is 0 Å². The van der Waals surface area contributed by atoms with Crippen molar-refractivity contribution in [1.29, 1.82) is 0 Å². The number of unbranched alkanes of at least 4 members (excludes halogenated alkanes) is 10. The van der Waals surface area contributed by atoms with Crippen molar-refractivity contribution < 1.29 is 14.7 Å². The summed E-state index contributed by atoms with van der Waals surface area (Å²) in [7, 11) is 0. The van der Waals surface area contributed by atoms with Crippen molar-refractivity contribution in [1.82, 2.24) is 0 Å². The molecule has 0 saturated heterocycles. The largest absolute Gasteiger partial charge is 0.396 e. The van der Waals surface area contributed by atoms with Gasteiger partial charge in [-0.15, -0.1) is 0 Å². The molecule has 0 unspecified atom stereocenters. The predicted octanol–water partition coefficient (Wildman–Crippen LogP) is 3.71. The first-order valence-electron chi connectivity index (χ1n) is 6.93. The summed E-state index contributed by atoms with van der Waals surface area (Å²) < 4.78 is 0. The standard InChI is InChI=1S/C13H28O.CO2/c1-2-3-4-5-6-7-8-9-10-11-12-13-14;2-1-3/h14H,2-13H2,1H3;. The van der Waals surface area contributed by atoms with Crippen LogP contribution in [-0.4, -0.2) is 17.9 Å². The van der Waals surface area contributed by atoms with E-state index >= 15 is 0 Å². The smallest absolute Gasteiger partial charge is 0.373 e. The van der Waals surface area contributed by atoms with E-state index in [1.807, 2.05) is 0 Å². The number of rotatable bonds is 11. The van der Waals surface area contributed by atoms with Crippen molar-refractivity contribution in [3.05, 3.63) is 0 Å². The van der Waals surface area contributed by atoms with Crippen LogP contribution < -0.4 is 0 Å². The summed E-state index contributed by atoms with van der Waals surface area (Å²) in [4.78, 5) is 16.2. The molecular formula is C14H28O3. The molecule has 0 aliphatic heterocycles. The monoisotopic (exact) mass is 244 g/mol. The molecule has 0 heterocycles. The zero-order chi connectivity index (χ0) is 13.2. The third-order valence-corrected chi connectivity index (χ3v) is 2.76. The summed E-state index contributed by atoms with van der Waals surface area (Å²) in [5.74, 6) is 0. The lowest BCUT2D eigenvalue weighted by atomic mass is 10.1. The van der Waals surface area contributed by atoms with Crippen LogP contribution in [0.15, 0.2) is 0 Å². The Kier molecular flexibility index (Phi) is 22.8. The average molecular weight is 244 g/mol. The van der Waals surface area contributed by atoms with Gasteiger partial charge in [-0.1, -0.05) is 71.1 Å². The second-order valence-corrected chi connectivity index (χ2v) is 4.34. The molecule has 0 aliphatic rings. The Morgan fingerprint density at radius 2 is 1.00 bits per heavy atom. The van der Waals surface area contributed by atoms with Crippen LogP contribution in [0.25, 0.3) is 0 Å². The highest BCUT2D eigenvalue weighted by Gasteiger charge is 1.91. The summed E-state index contributed by atoms with van der Waals surface area (Å²) in [5, 5.41) is 8.59. The summed E-state index contributed by atoms with van der Waals surface area (Å²) in [5.41, 5.74) is 0. The minimum absolute atomic E-state index is 0.250. The van der Waals surface area contributed by atoms with Crippen LogP contribution in [0.5, 0.6) is 0 Å². The van der Waals surface area contributed by atoms with E-state index < -0.39 is 0 Å². The van der Waals surface area contributed by atoms with Gasteiger partial charge in [-0.2, -0.15) is 9.59 Å². The van der Waals surface area contributed by atoms with Crippen LogP contribution in [-0.2, 0) is 9.59 Å². The van der Waals surface area contributed by atoms with Crippen molar-refractivity contribution in [2.75, 3.05) is 6.61 Å². The average Bonchev–Trinajstić information content (AvgIpc) is 2.33. The molecule has 0 atom stereocenters. The van der Waals surface area contributed by atoms with E-state index in [0.717, 1.165) is 6.42 Å². The van der Waals surface area contributed by atoms with Gasteiger partial charge in [-0.25, -0.2) is 0 Å². The molecular weight excluding hydrogens is 216 g/mol. The van der Waals surface area contributed by atoms with Crippen LogP contribution in [0.4, 0.5) is 0 Å². The van der Waals surface area contributed by atoms with Gasteiger partial charge >= 0.3 is 6.15 Å². The molecule has 3 heteroatoms. The number of hydrogen-bond acceptors (Lipinski definition) is 3. The number of carbonyl (C=O) groups excluding carboxylic acids is 2. The normalized spacial score (nSPS) is 9.29. The maximum atomic E-state index is 8.59. The van der Waals surface area contributed by atoms with E-state index in [2.05, 4.69) is 6.92 Å². The first-order valence-corrected chi connectivity index (χ1v) is 6.93. The Labute approximate surface area is 106 Å². The van der Waals surface area contributed by atoms with E-state index in [1.54, 1.807) is 0 Å². The van der Waals surface area contributed by atoms with Crippen LogP contribution in [0.2, 0.25) is 0 Å². The van der Waals surface area contributed by atoms with Gasteiger partial charge in [0.2, 0.25) is 0 Å². The number of aliphatic hydroxyl groups is 1. The van der Waals surface area contributed by atoms with Crippen molar-refractivity contribution in [2.45, 2.75) is 77.6 Å². The summed E-state index contributed by atoms with van der Waals surface area (Å²) in [6, 6.07) is 0. The Morgan fingerprint density at radius 1 is 0.706 bits per heavy atom. The van der Waals surface area contributed by atoms with Crippen LogP contribution in [0, 0.1) is 0 Å². The van der Waals surface area contributed by atoms with Crippen molar-refractivity contribution in [3.8, 4) is 0 Å². The molecule has 0 aliphatic carbocycles.